The van der Waals surface area contributed by atoms with Crippen LogP contribution < -0.4 is 10.5 Å². The van der Waals surface area contributed by atoms with Crippen molar-refractivity contribution in [3.63, 3.8) is 0 Å². The Bertz CT molecular complexity index is 536. The first-order valence-electron chi connectivity index (χ1n) is 5.41. The second-order valence-corrected chi connectivity index (χ2v) is 6.62. The van der Waals surface area contributed by atoms with Gasteiger partial charge < -0.3 is 10.8 Å². The number of nitrogens with one attached hydrogen (secondary N) is 1. The summed E-state index contributed by atoms with van der Waals surface area (Å²) in [6.45, 7) is 2.48. The zero-order valence-corrected chi connectivity index (χ0v) is 10.4. The zero-order valence-electron chi connectivity index (χ0n) is 9.60. The summed E-state index contributed by atoms with van der Waals surface area (Å²) in [6.07, 6.45) is 2.10. The van der Waals surface area contributed by atoms with Gasteiger partial charge in [-0.3, -0.25) is 0 Å². The molecule has 1 aromatic rings. The van der Waals surface area contributed by atoms with Crippen molar-refractivity contribution in [3.05, 3.63) is 18.2 Å². The van der Waals surface area contributed by atoms with Crippen LogP contribution in [0.4, 0.5) is 5.69 Å². The lowest BCUT2D eigenvalue weighted by Crippen LogP contribution is -2.29. The molecule has 0 radical (unpaired) electrons. The molecule has 4 N–H and O–H groups in total. The lowest BCUT2D eigenvalue weighted by atomic mass is 10.2. The Morgan fingerprint density at radius 1 is 1.47 bits per heavy atom. The fraction of sp³-hybridized carbons (Fsp3) is 0.455. The quantitative estimate of drug-likeness (QED) is 0.554. The van der Waals surface area contributed by atoms with Gasteiger partial charge in [-0.05, 0) is 36.5 Å². The van der Waals surface area contributed by atoms with Crippen LogP contribution in [0.15, 0.2) is 23.1 Å². The molecule has 0 aromatic heterocycles. The molecule has 5 nitrogen and oxygen atoms in total. The van der Waals surface area contributed by atoms with Crippen LogP contribution in [0.1, 0.15) is 19.8 Å². The van der Waals surface area contributed by atoms with Crippen molar-refractivity contribution < 1.29 is 13.5 Å². The third-order valence-corrected chi connectivity index (χ3v) is 4.50. The number of aromatic hydroxyl groups is 1. The first-order valence-corrected chi connectivity index (χ1v) is 6.89. The van der Waals surface area contributed by atoms with Crippen molar-refractivity contribution in [1.82, 2.24) is 4.72 Å². The van der Waals surface area contributed by atoms with Crippen molar-refractivity contribution in [2.75, 3.05) is 12.3 Å². The topological polar surface area (TPSA) is 92.4 Å². The second-order valence-electron chi connectivity index (χ2n) is 4.86. The Balaban J connectivity index is 2.16. The molecule has 0 saturated heterocycles. The Labute approximate surface area is 101 Å². The highest BCUT2D eigenvalue weighted by Gasteiger charge is 2.38. The van der Waals surface area contributed by atoms with E-state index in [9.17, 15) is 13.5 Å². The lowest BCUT2D eigenvalue weighted by Gasteiger charge is -2.11. The third-order valence-electron chi connectivity index (χ3n) is 3.10. The predicted molar refractivity (Wildman–Crippen MR) is 65.0 cm³/mol. The molecule has 0 unspecified atom stereocenters. The summed E-state index contributed by atoms with van der Waals surface area (Å²) in [5, 5.41) is 9.24. The number of sulfonamides is 1. The maximum atomic E-state index is 11.9. The molecule has 1 fully saturated rings. The standard InChI is InChI=1S/C11H16N2O3S/c1-11(4-5-11)7-13-17(15,16)8-2-3-10(14)9(12)6-8/h2-3,6,13-14H,4-5,7,12H2,1H3. The molecular formula is C11H16N2O3S. The van der Waals surface area contributed by atoms with Gasteiger partial charge in [0.25, 0.3) is 0 Å². The summed E-state index contributed by atoms with van der Waals surface area (Å²) < 4.78 is 26.4. The van der Waals surface area contributed by atoms with Gasteiger partial charge in [-0.25, -0.2) is 13.1 Å². The van der Waals surface area contributed by atoms with Gasteiger partial charge in [0.1, 0.15) is 5.75 Å². The van der Waals surface area contributed by atoms with E-state index in [1.165, 1.54) is 18.2 Å². The summed E-state index contributed by atoms with van der Waals surface area (Å²) in [4.78, 5) is 0.0806. The second kappa shape index (κ2) is 3.89. The molecule has 0 atom stereocenters. The van der Waals surface area contributed by atoms with Gasteiger partial charge in [0.2, 0.25) is 10.0 Å². The molecule has 0 spiro atoms. The van der Waals surface area contributed by atoms with Crippen LogP contribution in [0.3, 0.4) is 0 Å². The molecule has 1 aliphatic rings. The molecule has 1 saturated carbocycles. The first-order chi connectivity index (χ1) is 7.82. The van der Waals surface area contributed by atoms with Gasteiger partial charge >= 0.3 is 0 Å². The monoisotopic (exact) mass is 256 g/mol. The Morgan fingerprint density at radius 3 is 2.65 bits per heavy atom. The SMILES string of the molecule is CC1(CNS(=O)(=O)c2ccc(O)c(N)c2)CC1. The third kappa shape index (κ3) is 2.70. The van der Waals surface area contributed by atoms with Crippen LogP contribution in [0, 0.1) is 5.41 Å². The average Bonchev–Trinajstić information content (AvgIpc) is 2.99. The fourth-order valence-electron chi connectivity index (χ4n) is 1.44. The van der Waals surface area contributed by atoms with E-state index in [-0.39, 0.29) is 21.7 Å². The van der Waals surface area contributed by atoms with E-state index >= 15 is 0 Å². The van der Waals surface area contributed by atoms with E-state index < -0.39 is 10.0 Å². The maximum absolute atomic E-state index is 11.9. The molecule has 0 aliphatic heterocycles. The van der Waals surface area contributed by atoms with E-state index in [1.54, 1.807) is 0 Å². The highest BCUT2D eigenvalue weighted by molar-refractivity contribution is 7.89. The van der Waals surface area contributed by atoms with Crippen LogP contribution in [0.25, 0.3) is 0 Å². The van der Waals surface area contributed by atoms with Crippen molar-refractivity contribution >= 4 is 15.7 Å². The van der Waals surface area contributed by atoms with E-state index in [2.05, 4.69) is 4.72 Å². The molecule has 6 heteroatoms. The molecule has 94 valence electrons. The molecule has 1 aromatic carbocycles. The fourth-order valence-corrected chi connectivity index (χ4v) is 2.68. The van der Waals surface area contributed by atoms with Crippen molar-refractivity contribution in [2.45, 2.75) is 24.7 Å². The normalized spacial score (nSPS) is 17.9. The molecule has 17 heavy (non-hydrogen) atoms. The Kier molecular flexibility index (Phi) is 2.79. The van der Waals surface area contributed by atoms with Gasteiger partial charge in [-0.1, -0.05) is 6.92 Å². The number of hydrogen-bond acceptors (Lipinski definition) is 4. The number of nitrogens with two attached hydrogens (primary N) is 1. The van der Waals surface area contributed by atoms with Crippen LogP contribution in [0.5, 0.6) is 5.75 Å². The van der Waals surface area contributed by atoms with Crippen molar-refractivity contribution in [2.24, 2.45) is 5.41 Å². The van der Waals surface area contributed by atoms with Crippen molar-refractivity contribution in [1.29, 1.82) is 0 Å². The summed E-state index contributed by atoms with van der Waals surface area (Å²) in [5.74, 6) is -0.113. The summed E-state index contributed by atoms with van der Waals surface area (Å²) in [7, 11) is -3.53. The largest absolute Gasteiger partial charge is 0.506 e. The van der Waals surface area contributed by atoms with Crippen LogP contribution in [0.2, 0.25) is 0 Å². The van der Waals surface area contributed by atoms with E-state index in [1.807, 2.05) is 6.92 Å². The molecule has 1 aliphatic carbocycles. The van der Waals surface area contributed by atoms with E-state index in [0.29, 0.717) is 6.54 Å². The molecule has 0 bridgehead atoms. The molecule has 0 heterocycles. The van der Waals surface area contributed by atoms with Crippen LogP contribution in [-0.2, 0) is 10.0 Å². The van der Waals surface area contributed by atoms with Gasteiger partial charge in [0.15, 0.2) is 0 Å². The van der Waals surface area contributed by atoms with Crippen LogP contribution >= 0.6 is 0 Å². The minimum absolute atomic E-state index is 0.0607. The highest BCUT2D eigenvalue weighted by Crippen LogP contribution is 2.44. The van der Waals surface area contributed by atoms with Gasteiger partial charge in [-0.2, -0.15) is 0 Å². The number of phenolic OH excluding ortho intramolecular Hbond substituents is 1. The van der Waals surface area contributed by atoms with Gasteiger partial charge in [-0.15, -0.1) is 0 Å². The van der Waals surface area contributed by atoms with E-state index in [4.69, 9.17) is 5.73 Å². The van der Waals surface area contributed by atoms with Gasteiger partial charge in [0.05, 0.1) is 10.6 Å². The average molecular weight is 256 g/mol. The highest BCUT2D eigenvalue weighted by atomic mass is 32.2. The smallest absolute Gasteiger partial charge is 0.240 e. The van der Waals surface area contributed by atoms with Crippen molar-refractivity contribution in [3.8, 4) is 5.75 Å². The number of nitrogen functional groups attached to an aromatic ring is 1. The van der Waals surface area contributed by atoms with Crippen LogP contribution in [-0.4, -0.2) is 20.1 Å². The molecular weight excluding hydrogens is 240 g/mol. The molecule has 0 amide bonds. The molecule has 2 rings (SSSR count). The summed E-state index contributed by atoms with van der Waals surface area (Å²) >= 11 is 0. The predicted octanol–water partition coefficient (Wildman–Crippen LogP) is 1.05. The number of phenols is 1. The minimum atomic E-state index is -3.53. The van der Waals surface area contributed by atoms with E-state index in [0.717, 1.165) is 12.8 Å². The maximum Gasteiger partial charge on any atom is 0.240 e. The summed E-state index contributed by atoms with van der Waals surface area (Å²) in [6, 6.07) is 3.87. The lowest BCUT2D eigenvalue weighted by molar-refractivity contribution is 0.477. The number of rotatable bonds is 4. The summed E-state index contributed by atoms with van der Waals surface area (Å²) in [5.41, 5.74) is 5.64. The zero-order chi connectivity index (χ0) is 12.7. The number of anilines is 1. The minimum Gasteiger partial charge on any atom is -0.506 e. The first kappa shape index (κ1) is 12.2. The Morgan fingerprint density at radius 2 is 2.12 bits per heavy atom. The van der Waals surface area contributed by atoms with Gasteiger partial charge in [0, 0.05) is 6.54 Å². The number of hydrogen-bond donors (Lipinski definition) is 3. The number of benzene rings is 1. The Hall–Kier alpha value is -1.27.